The summed E-state index contributed by atoms with van der Waals surface area (Å²) in [5.41, 5.74) is 5.06. The van der Waals surface area contributed by atoms with Crippen molar-refractivity contribution in [3.8, 4) is 28.0 Å². The Kier molecular flexibility index (Phi) is 5.68. The summed E-state index contributed by atoms with van der Waals surface area (Å²) in [6, 6.07) is 35.6. The second kappa shape index (κ2) is 8.89. The molecule has 0 aliphatic carbocycles. The summed E-state index contributed by atoms with van der Waals surface area (Å²) in [6.45, 7) is -0.0478. The summed E-state index contributed by atoms with van der Waals surface area (Å²) in [5.74, 6) is 0.469. The summed E-state index contributed by atoms with van der Waals surface area (Å²) < 4.78 is 5.66. The van der Waals surface area contributed by atoms with Crippen molar-refractivity contribution >= 4 is 11.6 Å². The van der Waals surface area contributed by atoms with Crippen LogP contribution in [0.4, 0.5) is 5.69 Å². The maximum absolute atomic E-state index is 12.4. The van der Waals surface area contributed by atoms with Crippen LogP contribution in [0.25, 0.3) is 22.3 Å². The first-order valence-corrected chi connectivity index (χ1v) is 9.52. The molecule has 4 aromatic rings. The van der Waals surface area contributed by atoms with Gasteiger partial charge in [-0.05, 0) is 34.9 Å². The quantitative estimate of drug-likeness (QED) is 0.444. The van der Waals surface area contributed by atoms with Gasteiger partial charge in [0.2, 0.25) is 0 Å². The predicted octanol–water partition coefficient (Wildman–Crippen LogP) is 6.04. The summed E-state index contributed by atoms with van der Waals surface area (Å²) in [7, 11) is 0. The molecule has 0 saturated carbocycles. The number of benzene rings is 4. The number of anilines is 1. The van der Waals surface area contributed by atoms with Crippen LogP contribution in [0, 0.1) is 0 Å². The Bertz CT molecular complexity index is 1070. The first kappa shape index (κ1) is 18.5. The summed E-state index contributed by atoms with van der Waals surface area (Å²) in [5, 5.41) is 2.95. The minimum atomic E-state index is -0.194. The van der Waals surface area contributed by atoms with Crippen molar-refractivity contribution < 1.29 is 9.53 Å². The van der Waals surface area contributed by atoms with Crippen LogP contribution in [0.1, 0.15) is 0 Å². The molecule has 0 saturated heterocycles. The van der Waals surface area contributed by atoms with Crippen LogP contribution < -0.4 is 10.1 Å². The highest BCUT2D eigenvalue weighted by Gasteiger charge is 2.09. The number of hydrogen-bond donors (Lipinski definition) is 1. The number of carbonyl (C=O) groups excluding carboxylic acids is 1. The monoisotopic (exact) mass is 379 g/mol. The molecule has 3 nitrogen and oxygen atoms in total. The Morgan fingerprint density at radius 2 is 1.17 bits per heavy atom. The van der Waals surface area contributed by atoms with Crippen LogP contribution in [0.5, 0.6) is 5.75 Å². The van der Waals surface area contributed by atoms with Gasteiger partial charge in [0.15, 0.2) is 6.61 Å². The molecular weight excluding hydrogens is 358 g/mol. The van der Waals surface area contributed by atoms with Gasteiger partial charge in [-0.3, -0.25) is 4.79 Å². The van der Waals surface area contributed by atoms with Crippen LogP contribution in [0.2, 0.25) is 0 Å². The first-order valence-electron chi connectivity index (χ1n) is 9.52. The smallest absolute Gasteiger partial charge is 0.262 e. The van der Waals surface area contributed by atoms with E-state index in [0.717, 1.165) is 27.9 Å². The molecule has 0 unspecified atom stereocenters. The van der Waals surface area contributed by atoms with Gasteiger partial charge >= 0.3 is 0 Å². The van der Waals surface area contributed by atoms with Crippen LogP contribution in [-0.4, -0.2) is 12.5 Å². The molecule has 29 heavy (non-hydrogen) atoms. The molecule has 3 heteroatoms. The van der Waals surface area contributed by atoms with E-state index in [-0.39, 0.29) is 12.5 Å². The number of ether oxygens (including phenoxy) is 1. The maximum atomic E-state index is 12.4. The van der Waals surface area contributed by atoms with Crippen LogP contribution in [-0.2, 0) is 4.79 Å². The molecule has 0 bridgehead atoms. The van der Waals surface area contributed by atoms with Gasteiger partial charge in [0.1, 0.15) is 5.75 Å². The summed E-state index contributed by atoms with van der Waals surface area (Å²) in [6.07, 6.45) is 0. The lowest BCUT2D eigenvalue weighted by atomic mass is 10.0. The van der Waals surface area contributed by atoms with E-state index in [4.69, 9.17) is 4.74 Å². The van der Waals surface area contributed by atoms with Crippen molar-refractivity contribution in [3.05, 3.63) is 109 Å². The lowest BCUT2D eigenvalue weighted by Gasteiger charge is -2.12. The molecule has 0 aliphatic rings. The highest BCUT2D eigenvalue weighted by Crippen LogP contribution is 2.27. The Hall–Kier alpha value is -3.85. The highest BCUT2D eigenvalue weighted by molar-refractivity contribution is 5.96. The average molecular weight is 379 g/mol. The molecule has 1 N–H and O–H groups in total. The zero-order chi connectivity index (χ0) is 19.9. The van der Waals surface area contributed by atoms with Crippen LogP contribution in [0.15, 0.2) is 109 Å². The molecule has 0 heterocycles. The molecule has 1 amide bonds. The van der Waals surface area contributed by atoms with Crippen LogP contribution >= 0.6 is 0 Å². The van der Waals surface area contributed by atoms with Gasteiger partial charge in [-0.2, -0.15) is 0 Å². The highest BCUT2D eigenvalue weighted by atomic mass is 16.5. The van der Waals surface area contributed by atoms with Crippen molar-refractivity contribution in [3.63, 3.8) is 0 Å². The molecule has 0 atom stereocenters. The lowest BCUT2D eigenvalue weighted by molar-refractivity contribution is -0.118. The Morgan fingerprint density at radius 3 is 1.86 bits per heavy atom. The van der Waals surface area contributed by atoms with E-state index >= 15 is 0 Å². The normalized spacial score (nSPS) is 10.3. The topological polar surface area (TPSA) is 38.3 Å². The van der Waals surface area contributed by atoms with Crippen molar-refractivity contribution in [2.45, 2.75) is 0 Å². The van der Waals surface area contributed by atoms with Gasteiger partial charge in [-0.15, -0.1) is 0 Å². The van der Waals surface area contributed by atoms with E-state index in [0.29, 0.717) is 5.75 Å². The van der Waals surface area contributed by atoms with Gasteiger partial charge < -0.3 is 10.1 Å². The third-order valence-corrected chi connectivity index (χ3v) is 4.62. The molecule has 0 fully saturated rings. The Morgan fingerprint density at radius 1 is 0.621 bits per heavy atom. The number of rotatable bonds is 6. The van der Waals surface area contributed by atoms with Gasteiger partial charge in [0, 0.05) is 11.3 Å². The fourth-order valence-corrected chi connectivity index (χ4v) is 3.17. The largest absolute Gasteiger partial charge is 0.484 e. The minimum Gasteiger partial charge on any atom is -0.484 e. The maximum Gasteiger partial charge on any atom is 0.262 e. The molecule has 142 valence electrons. The van der Waals surface area contributed by atoms with E-state index in [2.05, 4.69) is 17.4 Å². The minimum absolute atomic E-state index is 0.0478. The Labute approximate surface area is 170 Å². The lowest BCUT2D eigenvalue weighted by Crippen LogP contribution is -2.20. The standard InChI is InChI=1S/C26H21NO2/c28-26(27-25-14-8-7-13-24(25)22-11-5-2-6-12-22)19-29-23-17-15-21(16-18-23)20-9-3-1-4-10-20/h1-18H,19H2,(H,27,28). The van der Waals surface area contributed by atoms with E-state index in [1.807, 2.05) is 97.1 Å². The third kappa shape index (κ3) is 4.71. The van der Waals surface area contributed by atoms with Crippen molar-refractivity contribution in [1.29, 1.82) is 0 Å². The molecule has 0 radical (unpaired) electrons. The van der Waals surface area contributed by atoms with Crippen molar-refractivity contribution in [1.82, 2.24) is 0 Å². The first-order chi connectivity index (χ1) is 14.3. The van der Waals surface area contributed by atoms with Crippen molar-refractivity contribution in [2.75, 3.05) is 11.9 Å². The van der Waals surface area contributed by atoms with Gasteiger partial charge in [0.25, 0.3) is 5.91 Å². The third-order valence-electron chi connectivity index (χ3n) is 4.62. The second-order valence-corrected chi connectivity index (χ2v) is 6.64. The fourth-order valence-electron chi connectivity index (χ4n) is 3.17. The SMILES string of the molecule is O=C(COc1ccc(-c2ccccc2)cc1)Nc1ccccc1-c1ccccc1. The predicted molar refractivity (Wildman–Crippen MR) is 118 cm³/mol. The van der Waals surface area contributed by atoms with Gasteiger partial charge in [-0.25, -0.2) is 0 Å². The molecular formula is C26H21NO2. The zero-order valence-electron chi connectivity index (χ0n) is 15.9. The number of para-hydroxylation sites is 1. The number of nitrogens with one attached hydrogen (secondary N) is 1. The van der Waals surface area contributed by atoms with Crippen molar-refractivity contribution in [2.24, 2.45) is 0 Å². The van der Waals surface area contributed by atoms with E-state index in [1.54, 1.807) is 0 Å². The average Bonchev–Trinajstić information content (AvgIpc) is 2.80. The van der Waals surface area contributed by atoms with Gasteiger partial charge in [-0.1, -0.05) is 91.0 Å². The van der Waals surface area contributed by atoms with E-state index in [9.17, 15) is 4.79 Å². The van der Waals surface area contributed by atoms with Gasteiger partial charge in [0.05, 0.1) is 0 Å². The molecule has 4 aromatic carbocycles. The Balaban J connectivity index is 1.39. The number of amides is 1. The molecule has 0 aromatic heterocycles. The zero-order valence-corrected chi connectivity index (χ0v) is 15.9. The van der Waals surface area contributed by atoms with E-state index < -0.39 is 0 Å². The summed E-state index contributed by atoms with van der Waals surface area (Å²) >= 11 is 0. The van der Waals surface area contributed by atoms with E-state index in [1.165, 1.54) is 0 Å². The second-order valence-electron chi connectivity index (χ2n) is 6.64. The fraction of sp³-hybridized carbons (Fsp3) is 0.0385. The molecule has 0 spiro atoms. The number of hydrogen-bond acceptors (Lipinski definition) is 2. The molecule has 0 aliphatic heterocycles. The summed E-state index contributed by atoms with van der Waals surface area (Å²) in [4.78, 5) is 12.4. The number of carbonyl (C=O) groups is 1. The van der Waals surface area contributed by atoms with Crippen LogP contribution in [0.3, 0.4) is 0 Å². The molecule has 4 rings (SSSR count).